The summed E-state index contributed by atoms with van der Waals surface area (Å²) in [6.07, 6.45) is 2.53. The molecule has 0 aliphatic carbocycles. The molecule has 1 N–H and O–H groups in total. The summed E-state index contributed by atoms with van der Waals surface area (Å²) in [7, 11) is -3.53. The van der Waals surface area contributed by atoms with Gasteiger partial charge in [0.15, 0.2) is 0 Å². The van der Waals surface area contributed by atoms with Crippen LogP contribution < -0.4 is 9.62 Å². The van der Waals surface area contributed by atoms with Crippen LogP contribution in [0, 0.1) is 26.7 Å². The number of nitrogens with zero attached hydrogens (tertiary/aromatic N) is 1. The Morgan fingerprint density at radius 1 is 1.07 bits per heavy atom. The van der Waals surface area contributed by atoms with E-state index in [9.17, 15) is 8.42 Å². The molecule has 3 rings (SSSR count). The minimum absolute atomic E-state index is 0.297. The predicted molar refractivity (Wildman–Crippen MR) is 112 cm³/mol. The summed E-state index contributed by atoms with van der Waals surface area (Å²) in [5.74, 6) is 0.728. The van der Waals surface area contributed by atoms with E-state index in [1.807, 2.05) is 45.0 Å². The van der Waals surface area contributed by atoms with Crippen LogP contribution in [0.1, 0.15) is 42.0 Å². The number of anilines is 1. The largest absolute Gasteiger partial charge is 0.371 e. The molecule has 1 fully saturated rings. The van der Waals surface area contributed by atoms with Gasteiger partial charge in [0, 0.05) is 25.3 Å². The summed E-state index contributed by atoms with van der Waals surface area (Å²) < 4.78 is 28.3. The van der Waals surface area contributed by atoms with E-state index in [0.29, 0.717) is 11.4 Å². The Balaban J connectivity index is 1.69. The molecule has 2 aromatic carbocycles. The van der Waals surface area contributed by atoms with Crippen molar-refractivity contribution in [1.29, 1.82) is 0 Å². The zero-order valence-electron chi connectivity index (χ0n) is 16.7. The first-order chi connectivity index (χ1) is 12.8. The van der Waals surface area contributed by atoms with Crippen molar-refractivity contribution in [3.8, 4) is 0 Å². The molecule has 1 aliphatic heterocycles. The third-order valence-corrected chi connectivity index (χ3v) is 7.00. The van der Waals surface area contributed by atoms with Crippen molar-refractivity contribution >= 4 is 15.7 Å². The van der Waals surface area contributed by atoms with Crippen LogP contribution in [0.15, 0.2) is 41.3 Å². The van der Waals surface area contributed by atoms with E-state index in [-0.39, 0.29) is 0 Å². The SMILES string of the molecule is Cc1cc(C)c(S(=O)(=O)NCc2ccc(N3CCC[C@@H](C)C3)cc2)c(C)c1. The van der Waals surface area contributed by atoms with Gasteiger partial charge >= 0.3 is 0 Å². The number of sulfonamides is 1. The van der Waals surface area contributed by atoms with Crippen LogP contribution >= 0.6 is 0 Å². The molecule has 1 heterocycles. The zero-order chi connectivity index (χ0) is 19.6. The molecule has 1 aliphatic rings. The first kappa shape index (κ1) is 19.9. The molecule has 0 saturated carbocycles. The van der Waals surface area contributed by atoms with Gasteiger partial charge in [-0.3, -0.25) is 0 Å². The van der Waals surface area contributed by atoms with Gasteiger partial charge in [0.25, 0.3) is 0 Å². The number of hydrogen-bond donors (Lipinski definition) is 1. The van der Waals surface area contributed by atoms with Crippen LogP contribution in [0.3, 0.4) is 0 Å². The molecule has 1 atom stereocenters. The van der Waals surface area contributed by atoms with Crippen molar-refractivity contribution in [1.82, 2.24) is 4.72 Å². The Morgan fingerprint density at radius 2 is 1.70 bits per heavy atom. The lowest BCUT2D eigenvalue weighted by molar-refractivity contribution is 0.447. The average molecular weight is 387 g/mol. The normalized spacial score (nSPS) is 17.9. The van der Waals surface area contributed by atoms with Crippen LogP contribution in [0.2, 0.25) is 0 Å². The van der Waals surface area contributed by atoms with E-state index in [1.54, 1.807) is 0 Å². The van der Waals surface area contributed by atoms with E-state index in [0.717, 1.165) is 41.3 Å². The topological polar surface area (TPSA) is 49.4 Å². The first-order valence-corrected chi connectivity index (χ1v) is 11.2. The van der Waals surface area contributed by atoms with Crippen molar-refractivity contribution < 1.29 is 8.42 Å². The van der Waals surface area contributed by atoms with Crippen LogP contribution in [-0.4, -0.2) is 21.5 Å². The standard InChI is InChI=1S/C22H30N2O2S/c1-16-6-5-11-24(15-16)21-9-7-20(8-10-21)14-23-27(25,26)22-18(3)12-17(2)13-19(22)4/h7-10,12-13,16,23H,5-6,11,14-15H2,1-4H3/t16-/m1/s1. The molecule has 1 saturated heterocycles. The molecule has 0 amide bonds. The van der Waals surface area contributed by atoms with Gasteiger partial charge < -0.3 is 4.90 Å². The fraction of sp³-hybridized carbons (Fsp3) is 0.455. The summed E-state index contributed by atoms with van der Waals surface area (Å²) in [6, 6.07) is 12.1. The molecule has 2 aromatic rings. The van der Waals surface area contributed by atoms with Gasteiger partial charge in [-0.25, -0.2) is 13.1 Å². The molecule has 4 nitrogen and oxygen atoms in total. The maximum absolute atomic E-state index is 12.8. The monoisotopic (exact) mass is 386 g/mol. The van der Waals surface area contributed by atoms with Gasteiger partial charge in [0.1, 0.15) is 0 Å². The zero-order valence-corrected chi connectivity index (χ0v) is 17.6. The van der Waals surface area contributed by atoms with E-state index >= 15 is 0 Å². The van der Waals surface area contributed by atoms with Gasteiger partial charge in [0.2, 0.25) is 10.0 Å². The maximum Gasteiger partial charge on any atom is 0.241 e. The highest BCUT2D eigenvalue weighted by Gasteiger charge is 2.20. The minimum atomic E-state index is -3.53. The Labute approximate surface area is 163 Å². The van der Waals surface area contributed by atoms with Crippen molar-refractivity contribution in [3.05, 3.63) is 58.7 Å². The summed E-state index contributed by atoms with van der Waals surface area (Å²) in [4.78, 5) is 2.81. The Kier molecular flexibility index (Phi) is 5.92. The number of nitrogens with one attached hydrogen (secondary N) is 1. The second-order valence-corrected chi connectivity index (χ2v) is 9.62. The van der Waals surface area contributed by atoms with Crippen LogP contribution in [-0.2, 0) is 16.6 Å². The van der Waals surface area contributed by atoms with E-state index in [2.05, 4.69) is 28.7 Å². The molecule has 0 bridgehead atoms. The van der Waals surface area contributed by atoms with Crippen molar-refractivity contribution in [2.45, 2.75) is 52.0 Å². The molecule has 146 valence electrons. The third kappa shape index (κ3) is 4.71. The van der Waals surface area contributed by atoms with E-state index in [1.165, 1.54) is 18.5 Å². The van der Waals surface area contributed by atoms with E-state index in [4.69, 9.17) is 0 Å². The fourth-order valence-corrected chi connectivity index (χ4v) is 5.56. The number of aryl methyl sites for hydroxylation is 3. The summed E-state index contributed by atoms with van der Waals surface area (Å²) in [5.41, 5.74) is 4.84. The smallest absolute Gasteiger partial charge is 0.241 e. The molecule has 27 heavy (non-hydrogen) atoms. The maximum atomic E-state index is 12.8. The average Bonchev–Trinajstić information content (AvgIpc) is 2.59. The lowest BCUT2D eigenvalue weighted by atomic mass is 9.99. The van der Waals surface area contributed by atoms with E-state index < -0.39 is 10.0 Å². The Hall–Kier alpha value is -1.85. The molecule has 5 heteroatoms. The van der Waals surface area contributed by atoms with Crippen LogP contribution in [0.5, 0.6) is 0 Å². The van der Waals surface area contributed by atoms with Crippen molar-refractivity contribution in [2.24, 2.45) is 5.92 Å². The number of hydrogen-bond acceptors (Lipinski definition) is 3. The van der Waals surface area contributed by atoms with Gasteiger partial charge in [-0.1, -0.05) is 36.8 Å². The minimum Gasteiger partial charge on any atom is -0.371 e. The van der Waals surface area contributed by atoms with Crippen molar-refractivity contribution in [3.63, 3.8) is 0 Å². The Bertz CT molecular complexity index is 881. The van der Waals surface area contributed by atoms with Crippen LogP contribution in [0.25, 0.3) is 0 Å². The fourth-order valence-electron chi connectivity index (χ4n) is 4.09. The predicted octanol–water partition coefficient (Wildman–Crippen LogP) is 4.33. The molecule has 0 spiro atoms. The highest BCUT2D eigenvalue weighted by atomic mass is 32.2. The Morgan fingerprint density at radius 3 is 2.30 bits per heavy atom. The van der Waals surface area contributed by atoms with Gasteiger partial charge in [-0.2, -0.15) is 0 Å². The van der Waals surface area contributed by atoms with Gasteiger partial charge in [-0.05, 0) is 68.4 Å². The summed E-state index contributed by atoms with van der Waals surface area (Å²) in [6.45, 7) is 10.5. The molecule has 0 aromatic heterocycles. The molecular weight excluding hydrogens is 356 g/mol. The highest BCUT2D eigenvalue weighted by molar-refractivity contribution is 7.89. The number of benzene rings is 2. The molecule has 0 radical (unpaired) electrons. The quantitative estimate of drug-likeness (QED) is 0.832. The summed E-state index contributed by atoms with van der Waals surface area (Å²) in [5, 5.41) is 0. The third-order valence-electron chi connectivity index (χ3n) is 5.30. The lowest BCUT2D eigenvalue weighted by Gasteiger charge is -2.32. The van der Waals surface area contributed by atoms with Crippen LogP contribution in [0.4, 0.5) is 5.69 Å². The van der Waals surface area contributed by atoms with Gasteiger partial charge in [0.05, 0.1) is 4.90 Å². The van der Waals surface area contributed by atoms with Gasteiger partial charge in [-0.15, -0.1) is 0 Å². The molecule has 0 unspecified atom stereocenters. The number of rotatable bonds is 5. The highest BCUT2D eigenvalue weighted by Crippen LogP contribution is 2.24. The molecular formula is C22H30N2O2S. The number of piperidine rings is 1. The summed E-state index contributed by atoms with van der Waals surface area (Å²) >= 11 is 0. The lowest BCUT2D eigenvalue weighted by Crippen LogP contribution is -2.34. The van der Waals surface area contributed by atoms with Crippen molar-refractivity contribution in [2.75, 3.05) is 18.0 Å². The second-order valence-electron chi connectivity index (χ2n) is 7.91. The second kappa shape index (κ2) is 8.03. The first-order valence-electron chi connectivity index (χ1n) is 9.67.